The molecule has 3 heteroatoms. The normalized spacial score (nSPS) is 14.9. The van der Waals surface area contributed by atoms with Crippen molar-refractivity contribution in [1.82, 2.24) is 4.98 Å². The topological polar surface area (TPSA) is 24.9 Å². The van der Waals surface area contributed by atoms with Gasteiger partial charge in [0.25, 0.3) is 0 Å². The molecule has 1 rings (SSSR count). The number of hydrogen-bond donors (Lipinski definition) is 1. The lowest BCUT2D eigenvalue weighted by molar-refractivity contribution is 0.494. The van der Waals surface area contributed by atoms with Crippen molar-refractivity contribution in [3.05, 3.63) is 23.5 Å². The van der Waals surface area contributed by atoms with Gasteiger partial charge in [-0.05, 0) is 25.0 Å². The van der Waals surface area contributed by atoms with Crippen molar-refractivity contribution in [3.8, 4) is 0 Å². The minimum absolute atomic E-state index is 0.457. The van der Waals surface area contributed by atoms with E-state index in [9.17, 15) is 0 Å². The number of aromatic nitrogens is 1. The van der Waals surface area contributed by atoms with E-state index in [1.807, 2.05) is 12.1 Å². The molecule has 0 spiro atoms. The second kappa shape index (κ2) is 5.20. The molecule has 1 aromatic rings. The van der Waals surface area contributed by atoms with Gasteiger partial charge in [0.15, 0.2) is 0 Å². The van der Waals surface area contributed by atoms with Gasteiger partial charge in [0, 0.05) is 17.9 Å². The van der Waals surface area contributed by atoms with Crippen LogP contribution in [-0.4, -0.2) is 11.0 Å². The van der Waals surface area contributed by atoms with Gasteiger partial charge >= 0.3 is 0 Å². The summed E-state index contributed by atoms with van der Waals surface area (Å²) in [4.78, 5) is 3.94. The van der Waals surface area contributed by atoms with Crippen molar-refractivity contribution in [3.63, 3.8) is 0 Å². The van der Waals surface area contributed by atoms with Gasteiger partial charge in [0.1, 0.15) is 5.15 Å². The summed E-state index contributed by atoms with van der Waals surface area (Å²) in [6.45, 7) is 6.62. The molecule has 0 saturated heterocycles. The van der Waals surface area contributed by atoms with Crippen LogP contribution in [-0.2, 0) is 0 Å². The zero-order valence-electron chi connectivity index (χ0n) is 8.92. The van der Waals surface area contributed by atoms with E-state index in [0.717, 1.165) is 5.69 Å². The molecule has 0 radical (unpaired) electrons. The van der Waals surface area contributed by atoms with Crippen molar-refractivity contribution < 1.29 is 0 Å². The Morgan fingerprint density at radius 2 is 2.21 bits per heavy atom. The van der Waals surface area contributed by atoms with Gasteiger partial charge in [-0.2, -0.15) is 0 Å². The first-order valence-electron chi connectivity index (χ1n) is 5.01. The molecule has 2 atom stereocenters. The first kappa shape index (κ1) is 11.3. The van der Waals surface area contributed by atoms with Crippen LogP contribution >= 0.6 is 11.6 Å². The van der Waals surface area contributed by atoms with Crippen molar-refractivity contribution in [2.45, 2.75) is 33.2 Å². The molecule has 0 bridgehead atoms. The van der Waals surface area contributed by atoms with E-state index in [4.69, 9.17) is 11.6 Å². The highest BCUT2D eigenvalue weighted by atomic mass is 35.5. The van der Waals surface area contributed by atoms with Crippen molar-refractivity contribution in [2.24, 2.45) is 5.92 Å². The Balaban J connectivity index is 2.60. The van der Waals surface area contributed by atoms with Gasteiger partial charge in [-0.3, -0.25) is 0 Å². The summed E-state index contributed by atoms with van der Waals surface area (Å²) in [6.07, 6.45) is 2.89. The average Bonchev–Trinajstić information content (AvgIpc) is 2.16. The van der Waals surface area contributed by atoms with Crippen LogP contribution in [0.5, 0.6) is 0 Å². The van der Waals surface area contributed by atoms with E-state index in [1.165, 1.54) is 6.42 Å². The number of nitrogens with one attached hydrogen (secondary N) is 1. The third-order valence-corrected chi connectivity index (χ3v) is 2.83. The summed E-state index contributed by atoms with van der Waals surface area (Å²) in [5, 5.41) is 3.94. The van der Waals surface area contributed by atoms with E-state index in [0.29, 0.717) is 17.1 Å². The second-order valence-electron chi connectivity index (χ2n) is 3.69. The van der Waals surface area contributed by atoms with Gasteiger partial charge < -0.3 is 5.32 Å². The molecule has 14 heavy (non-hydrogen) atoms. The minimum atomic E-state index is 0.457. The number of rotatable bonds is 4. The van der Waals surface area contributed by atoms with Crippen molar-refractivity contribution in [2.75, 3.05) is 5.32 Å². The summed E-state index contributed by atoms with van der Waals surface area (Å²) in [7, 11) is 0. The van der Waals surface area contributed by atoms with Gasteiger partial charge in [-0.25, -0.2) is 4.98 Å². The molecule has 0 aromatic carbocycles. The van der Waals surface area contributed by atoms with Gasteiger partial charge in [-0.1, -0.05) is 31.9 Å². The van der Waals surface area contributed by atoms with Crippen LogP contribution in [0, 0.1) is 5.92 Å². The van der Waals surface area contributed by atoms with Crippen molar-refractivity contribution >= 4 is 17.3 Å². The standard InChI is InChI=1S/C11H17ClN2/c1-4-8(2)9(3)14-10-5-6-13-11(12)7-10/h5-9H,4H2,1-3H3,(H,13,14). The highest BCUT2D eigenvalue weighted by Crippen LogP contribution is 2.16. The number of anilines is 1. The Bertz CT molecular complexity index is 288. The Labute approximate surface area is 90.7 Å². The molecular formula is C11H17ClN2. The monoisotopic (exact) mass is 212 g/mol. The Kier molecular flexibility index (Phi) is 4.21. The molecule has 0 aliphatic heterocycles. The lowest BCUT2D eigenvalue weighted by atomic mass is 10.0. The predicted octanol–water partition coefficient (Wildman–Crippen LogP) is 3.58. The van der Waals surface area contributed by atoms with Crippen LogP contribution < -0.4 is 5.32 Å². The van der Waals surface area contributed by atoms with Crippen LogP contribution in [0.25, 0.3) is 0 Å². The van der Waals surface area contributed by atoms with Gasteiger partial charge in [-0.15, -0.1) is 0 Å². The van der Waals surface area contributed by atoms with Crippen LogP contribution in [0.1, 0.15) is 27.2 Å². The highest BCUT2D eigenvalue weighted by molar-refractivity contribution is 6.29. The third kappa shape index (κ3) is 3.18. The molecule has 0 fully saturated rings. The van der Waals surface area contributed by atoms with E-state index in [2.05, 4.69) is 31.1 Å². The van der Waals surface area contributed by atoms with Crippen LogP contribution in [0.4, 0.5) is 5.69 Å². The van der Waals surface area contributed by atoms with Gasteiger partial charge in [0.2, 0.25) is 0 Å². The fraction of sp³-hybridized carbons (Fsp3) is 0.545. The number of halogens is 1. The SMILES string of the molecule is CCC(C)C(C)Nc1ccnc(Cl)c1. The number of nitrogens with zero attached hydrogens (tertiary/aromatic N) is 1. The lowest BCUT2D eigenvalue weighted by Crippen LogP contribution is -2.23. The quantitative estimate of drug-likeness (QED) is 0.772. The molecule has 1 aromatic heterocycles. The van der Waals surface area contributed by atoms with E-state index in [1.54, 1.807) is 6.20 Å². The zero-order chi connectivity index (χ0) is 10.6. The van der Waals surface area contributed by atoms with E-state index >= 15 is 0 Å². The van der Waals surface area contributed by atoms with Crippen LogP contribution in [0.3, 0.4) is 0 Å². The molecule has 1 N–H and O–H groups in total. The molecular weight excluding hydrogens is 196 g/mol. The van der Waals surface area contributed by atoms with Crippen LogP contribution in [0.2, 0.25) is 5.15 Å². The molecule has 0 amide bonds. The molecule has 78 valence electrons. The first-order chi connectivity index (χ1) is 6.63. The fourth-order valence-corrected chi connectivity index (χ4v) is 1.42. The Hall–Kier alpha value is -0.760. The summed E-state index contributed by atoms with van der Waals surface area (Å²) in [6, 6.07) is 4.24. The molecule has 0 aliphatic rings. The molecule has 2 unspecified atom stereocenters. The zero-order valence-corrected chi connectivity index (χ0v) is 9.67. The Morgan fingerprint density at radius 3 is 2.79 bits per heavy atom. The molecule has 0 aliphatic carbocycles. The maximum atomic E-state index is 5.79. The van der Waals surface area contributed by atoms with Crippen LogP contribution in [0.15, 0.2) is 18.3 Å². The number of pyridine rings is 1. The highest BCUT2D eigenvalue weighted by Gasteiger charge is 2.09. The molecule has 2 nitrogen and oxygen atoms in total. The molecule has 0 saturated carbocycles. The summed E-state index contributed by atoms with van der Waals surface area (Å²) < 4.78 is 0. The summed E-state index contributed by atoms with van der Waals surface area (Å²) in [5.41, 5.74) is 1.04. The fourth-order valence-electron chi connectivity index (χ4n) is 1.25. The second-order valence-corrected chi connectivity index (χ2v) is 4.07. The predicted molar refractivity (Wildman–Crippen MR) is 61.8 cm³/mol. The van der Waals surface area contributed by atoms with Crippen molar-refractivity contribution in [1.29, 1.82) is 0 Å². The molecule has 1 heterocycles. The minimum Gasteiger partial charge on any atom is -0.382 e. The largest absolute Gasteiger partial charge is 0.382 e. The summed E-state index contributed by atoms with van der Waals surface area (Å²) >= 11 is 5.79. The average molecular weight is 213 g/mol. The Morgan fingerprint density at radius 1 is 1.50 bits per heavy atom. The number of hydrogen-bond acceptors (Lipinski definition) is 2. The lowest BCUT2D eigenvalue weighted by Gasteiger charge is -2.20. The third-order valence-electron chi connectivity index (χ3n) is 2.62. The van der Waals surface area contributed by atoms with E-state index in [-0.39, 0.29) is 0 Å². The van der Waals surface area contributed by atoms with E-state index < -0.39 is 0 Å². The smallest absolute Gasteiger partial charge is 0.131 e. The summed E-state index contributed by atoms with van der Waals surface area (Å²) in [5.74, 6) is 0.655. The maximum absolute atomic E-state index is 5.79. The maximum Gasteiger partial charge on any atom is 0.131 e. The van der Waals surface area contributed by atoms with Gasteiger partial charge in [0.05, 0.1) is 0 Å². The first-order valence-corrected chi connectivity index (χ1v) is 5.39.